The van der Waals surface area contributed by atoms with Crippen molar-refractivity contribution in [3.8, 4) is 5.75 Å². The van der Waals surface area contributed by atoms with Gasteiger partial charge in [-0.2, -0.15) is 0 Å². The van der Waals surface area contributed by atoms with E-state index in [1.54, 1.807) is 31.1 Å². The van der Waals surface area contributed by atoms with Crippen LogP contribution in [0.3, 0.4) is 0 Å². The van der Waals surface area contributed by atoms with Crippen LogP contribution in [0.1, 0.15) is 28.8 Å². The number of fused-ring (bicyclic) bond motifs is 3. The fourth-order valence-corrected chi connectivity index (χ4v) is 6.66. The molecule has 1 amide bonds. The molecule has 3 aliphatic carbocycles. The molecule has 0 aliphatic heterocycles. The van der Waals surface area contributed by atoms with Gasteiger partial charge in [0.25, 0.3) is 0 Å². The second-order valence-electron chi connectivity index (χ2n) is 9.61. The molecule has 1 aromatic rings. The number of carbonyl (C=O) groups excluding carboxylic acids is 5. The summed E-state index contributed by atoms with van der Waals surface area (Å²) in [6, 6.07) is 3.66. The Morgan fingerprint density at radius 3 is 2.35 bits per heavy atom. The van der Waals surface area contributed by atoms with Crippen molar-refractivity contribution in [1.82, 2.24) is 10.2 Å². The molecule has 0 spiro atoms. The number of amides is 1. The third kappa shape index (κ3) is 2.82. The Morgan fingerprint density at radius 1 is 1.18 bits per heavy atom. The van der Waals surface area contributed by atoms with Gasteiger partial charge in [-0.15, -0.1) is 0 Å². The third-order valence-electron chi connectivity index (χ3n) is 8.04. The summed E-state index contributed by atoms with van der Waals surface area (Å²) in [5, 5.41) is 13.3. The first-order valence-corrected chi connectivity index (χ1v) is 11.1. The van der Waals surface area contributed by atoms with E-state index >= 15 is 0 Å². The van der Waals surface area contributed by atoms with Crippen LogP contribution in [0.5, 0.6) is 5.75 Å². The van der Waals surface area contributed by atoms with Gasteiger partial charge in [0.2, 0.25) is 5.91 Å². The predicted octanol–water partition coefficient (Wildman–Crippen LogP) is -0.720. The van der Waals surface area contributed by atoms with E-state index in [9.17, 15) is 29.1 Å². The SMILES string of the molecule is CN[C@@]12C(=O)C(C(N)=O)C(=O)[C@@H](N(C)C)[C@@H]1C(OC)[C@H]1C(C(=O)c3c(O)cccc3[C@@H]1C)C2=O. The summed E-state index contributed by atoms with van der Waals surface area (Å²) in [6.45, 7) is 1.83. The van der Waals surface area contributed by atoms with Crippen molar-refractivity contribution in [1.29, 1.82) is 0 Å². The van der Waals surface area contributed by atoms with Crippen molar-refractivity contribution in [2.75, 3.05) is 28.3 Å². The zero-order valence-electron chi connectivity index (χ0n) is 19.7. The number of methoxy groups -OCH3 is 1. The van der Waals surface area contributed by atoms with E-state index < -0.39 is 76.3 Å². The Labute approximate surface area is 196 Å². The van der Waals surface area contributed by atoms with Crippen LogP contribution < -0.4 is 11.1 Å². The maximum atomic E-state index is 14.2. The number of phenolic OH excluding ortho intramolecular Hbond substituents is 1. The summed E-state index contributed by atoms with van der Waals surface area (Å²) >= 11 is 0. The molecule has 3 unspecified atom stereocenters. The Hall–Kier alpha value is -2.95. The maximum Gasteiger partial charge on any atom is 0.235 e. The van der Waals surface area contributed by atoms with Crippen molar-refractivity contribution < 1.29 is 33.8 Å². The zero-order chi connectivity index (χ0) is 25.3. The highest BCUT2D eigenvalue weighted by Gasteiger charge is 2.73. The van der Waals surface area contributed by atoms with E-state index in [-0.39, 0.29) is 11.3 Å². The van der Waals surface area contributed by atoms with Gasteiger partial charge in [0, 0.05) is 18.9 Å². The number of ketones is 4. The molecule has 4 N–H and O–H groups in total. The van der Waals surface area contributed by atoms with E-state index in [1.165, 1.54) is 20.2 Å². The molecule has 0 heterocycles. The monoisotopic (exact) mass is 471 g/mol. The number of Topliss-reactive ketones (excluding diaryl/α,β-unsaturated/α-hetero) is 4. The smallest absolute Gasteiger partial charge is 0.235 e. The molecular weight excluding hydrogens is 442 g/mol. The van der Waals surface area contributed by atoms with Crippen LogP contribution in [0.4, 0.5) is 0 Å². The number of nitrogens with one attached hydrogen (secondary N) is 1. The van der Waals surface area contributed by atoms with E-state index in [2.05, 4.69) is 5.32 Å². The fraction of sp³-hybridized carbons (Fsp3) is 0.542. The van der Waals surface area contributed by atoms with E-state index in [4.69, 9.17) is 10.5 Å². The molecule has 3 aliphatic rings. The minimum absolute atomic E-state index is 0.0408. The van der Waals surface area contributed by atoms with Gasteiger partial charge in [-0.1, -0.05) is 19.1 Å². The number of nitrogens with two attached hydrogens (primary N) is 1. The fourth-order valence-electron chi connectivity index (χ4n) is 6.66. The van der Waals surface area contributed by atoms with Crippen molar-refractivity contribution >= 4 is 29.0 Å². The normalized spacial score (nSPS) is 37.3. The lowest BCUT2D eigenvalue weighted by Gasteiger charge is -2.58. The third-order valence-corrected chi connectivity index (χ3v) is 8.04. The number of carbonyl (C=O) groups is 5. The Balaban J connectivity index is 2.03. The number of primary amides is 1. The van der Waals surface area contributed by atoms with E-state index in [0.29, 0.717) is 5.56 Å². The van der Waals surface area contributed by atoms with Gasteiger partial charge in [-0.05, 0) is 38.7 Å². The van der Waals surface area contributed by atoms with Gasteiger partial charge in [0.05, 0.1) is 23.6 Å². The van der Waals surface area contributed by atoms with Crippen LogP contribution in [0.25, 0.3) is 0 Å². The minimum Gasteiger partial charge on any atom is -0.507 e. The zero-order valence-corrected chi connectivity index (χ0v) is 19.7. The second kappa shape index (κ2) is 8.07. The molecule has 0 bridgehead atoms. The molecule has 0 radical (unpaired) electrons. The summed E-state index contributed by atoms with van der Waals surface area (Å²) < 4.78 is 5.89. The molecule has 8 atom stereocenters. The van der Waals surface area contributed by atoms with Crippen LogP contribution in [0.15, 0.2) is 18.2 Å². The largest absolute Gasteiger partial charge is 0.507 e. The highest BCUT2D eigenvalue weighted by Crippen LogP contribution is 2.55. The van der Waals surface area contributed by atoms with Crippen LogP contribution in [0, 0.1) is 23.7 Å². The number of likely N-dealkylation sites (N-methyl/N-ethyl adjacent to an activating group) is 2. The van der Waals surface area contributed by atoms with Crippen molar-refractivity contribution in [2.24, 2.45) is 29.4 Å². The number of ether oxygens (including phenoxy) is 1. The lowest BCUT2D eigenvalue weighted by Crippen LogP contribution is -2.81. The molecular formula is C24H29N3O7. The summed E-state index contributed by atoms with van der Waals surface area (Å²) in [5.41, 5.74) is 4.01. The van der Waals surface area contributed by atoms with Crippen molar-refractivity contribution in [3.05, 3.63) is 29.3 Å². The van der Waals surface area contributed by atoms with Gasteiger partial charge in [-0.25, -0.2) is 0 Å². The number of rotatable bonds is 4. The topological polar surface area (TPSA) is 156 Å². The number of aromatic hydroxyl groups is 1. The number of phenols is 1. The highest BCUT2D eigenvalue weighted by molar-refractivity contribution is 6.33. The molecule has 2 fully saturated rings. The first kappa shape index (κ1) is 24.2. The summed E-state index contributed by atoms with van der Waals surface area (Å²) in [7, 11) is 6.03. The van der Waals surface area contributed by atoms with Gasteiger partial charge in [0.1, 0.15) is 11.3 Å². The minimum atomic E-state index is -2.05. The number of benzene rings is 1. The van der Waals surface area contributed by atoms with Gasteiger partial charge in [-0.3, -0.25) is 28.9 Å². The Morgan fingerprint density at radius 2 is 1.82 bits per heavy atom. The van der Waals surface area contributed by atoms with Gasteiger partial charge >= 0.3 is 0 Å². The molecule has 1 aromatic carbocycles. The Kier molecular flexibility index (Phi) is 5.74. The molecule has 34 heavy (non-hydrogen) atoms. The molecule has 10 nitrogen and oxygen atoms in total. The highest BCUT2D eigenvalue weighted by atomic mass is 16.5. The van der Waals surface area contributed by atoms with Gasteiger partial charge in [0.15, 0.2) is 29.1 Å². The van der Waals surface area contributed by atoms with Crippen LogP contribution in [-0.4, -0.2) is 85.0 Å². The van der Waals surface area contributed by atoms with E-state index in [0.717, 1.165) is 0 Å². The number of hydrogen-bond acceptors (Lipinski definition) is 9. The molecule has 0 aromatic heterocycles. The molecule has 4 rings (SSSR count). The number of hydrogen-bond donors (Lipinski definition) is 3. The predicted molar refractivity (Wildman–Crippen MR) is 119 cm³/mol. The summed E-state index contributed by atoms with van der Waals surface area (Å²) in [5.74, 6) is -9.69. The lowest BCUT2D eigenvalue weighted by molar-refractivity contribution is -0.175. The molecule has 182 valence electrons. The standard InChI is InChI=1S/C24H29N3O7/c1-9-10-7-6-8-11(28)13(10)18(29)14-12(9)20(34-5)16-17(27(3)4)19(30)15(23(25)33)22(32)24(16,26-2)21(14)31/h6-9,12,14-17,20,26,28H,1-5H3,(H2,25,33)/t9-,12+,14?,15?,16+,17-,20?,24-/m0/s1. The van der Waals surface area contributed by atoms with Crippen LogP contribution >= 0.6 is 0 Å². The van der Waals surface area contributed by atoms with Crippen LogP contribution in [0.2, 0.25) is 0 Å². The molecule has 10 heteroatoms. The van der Waals surface area contributed by atoms with Crippen molar-refractivity contribution in [2.45, 2.75) is 30.5 Å². The average molecular weight is 472 g/mol. The molecule has 0 saturated heterocycles. The van der Waals surface area contributed by atoms with E-state index in [1.807, 2.05) is 6.92 Å². The quantitative estimate of drug-likeness (QED) is 0.482. The second-order valence-corrected chi connectivity index (χ2v) is 9.61. The lowest BCUT2D eigenvalue weighted by atomic mass is 9.48. The van der Waals surface area contributed by atoms with Crippen molar-refractivity contribution in [3.63, 3.8) is 0 Å². The van der Waals surface area contributed by atoms with Crippen LogP contribution in [-0.2, 0) is 23.9 Å². The van der Waals surface area contributed by atoms with Gasteiger partial charge < -0.3 is 20.9 Å². The average Bonchev–Trinajstić information content (AvgIpc) is 2.76. The maximum absolute atomic E-state index is 14.2. The molecule has 2 saturated carbocycles. The number of nitrogens with zero attached hydrogens (tertiary/aromatic N) is 1. The first-order chi connectivity index (χ1) is 16.0. The first-order valence-electron chi connectivity index (χ1n) is 11.1. The Bertz CT molecular complexity index is 1120. The summed E-state index contributed by atoms with van der Waals surface area (Å²) in [6.07, 6.45) is -0.876. The summed E-state index contributed by atoms with van der Waals surface area (Å²) in [4.78, 5) is 68.8.